The van der Waals surface area contributed by atoms with Crippen molar-refractivity contribution < 1.29 is 14.3 Å². The Hall–Kier alpha value is -1.34. The number of hydrogen-bond donors (Lipinski definition) is 2. The number of aryl methyl sites for hydroxylation is 1. The van der Waals surface area contributed by atoms with Gasteiger partial charge < -0.3 is 20.4 Å². The predicted octanol–water partition coefficient (Wildman–Crippen LogP) is 0.0193. The molecule has 3 N–H and O–H groups in total. The van der Waals surface area contributed by atoms with Crippen LogP contribution in [0.2, 0.25) is 0 Å². The second-order valence-corrected chi connectivity index (χ2v) is 4.34. The predicted molar refractivity (Wildman–Crippen MR) is 65.5 cm³/mol. The summed E-state index contributed by atoms with van der Waals surface area (Å²) in [6.45, 7) is 0.445. The van der Waals surface area contributed by atoms with Crippen LogP contribution in [0.4, 0.5) is 0 Å². The topological polar surface area (TPSA) is 86.3 Å². The second kappa shape index (κ2) is 6.41. The number of amides is 2. The van der Waals surface area contributed by atoms with Gasteiger partial charge in [0.2, 0.25) is 5.91 Å². The van der Waals surface area contributed by atoms with Gasteiger partial charge in [-0.1, -0.05) is 0 Å². The molecule has 0 bridgehead atoms. The first-order chi connectivity index (χ1) is 8.00. The number of aromatic nitrogens is 1. The Morgan fingerprint density at radius 2 is 2.29 bits per heavy atom. The Bertz CT molecular complexity index is 417. The van der Waals surface area contributed by atoms with Crippen LogP contribution in [0.5, 0.6) is 0 Å². The lowest BCUT2D eigenvalue weighted by Crippen LogP contribution is -2.29. The lowest BCUT2D eigenvalue weighted by Gasteiger charge is -2.05. The van der Waals surface area contributed by atoms with Crippen LogP contribution in [0.1, 0.15) is 10.5 Å². The van der Waals surface area contributed by atoms with Crippen LogP contribution in [0.15, 0.2) is 16.7 Å². The van der Waals surface area contributed by atoms with Gasteiger partial charge in [-0.15, -0.1) is 0 Å². The van der Waals surface area contributed by atoms with E-state index in [1.54, 1.807) is 23.9 Å². The smallest absolute Gasteiger partial charge is 0.268 e. The van der Waals surface area contributed by atoms with Gasteiger partial charge >= 0.3 is 0 Å². The van der Waals surface area contributed by atoms with Gasteiger partial charge in [-0.2, -0.15) is 0 Å². The van der Waals surface area contributed by atoms with Gasteiger partial charge in [0.1, 0.15) is 12.3 Å². The normalized spacial score (nSPS) is 10.2. The van der Waals surface area contributed by atoms with Gasteiger partial charge in [0.25, 0.3) is 5.91 Å². The number of hydrogen-bond acceptors (Lipinski definition) is 3. The van der Waals surface area contributed by atoms with Crippen LogP contribution in [-0.2, 0) is 16.6 Å². The summed E-state index contributed by atoms with van der Waals surface area (Å²) >= 11 is 3.28. The summed E-state index contributed by atoms with van der Waals surface area (Å²) in [6, 6.07) is 1.72. The minimum Gasteiger partial charge on any atom is -0.370 e. The molecule has 0 spiro atoms. The Kier molecular flexibility index (Phi) is 5.17. The number of carbonyl (C=O) groups excluding carboxylic acids is 2. The molecule has 0 atom stereocenters. The average molecular weight is 304 g/mol. The summed E-state index contributed by atoms with van der Waals surface area (Å²) in [5.41, 5.74) is 5.44. The maximum Gasteiger partial charge on any atom is 0.268 e. The lowest BCUT2D eigenvalue weighted by atomic mass is 10.4. The first-order valence-corrected chi connectivity index (χ1v) is 5.76. The number of primary amides is 1. The van der Waals surface area contributed by atoms with Crippen LogP contribution in [-0.4, -0.2) is 36.1 Å². The quantitative estimate of drug-likeness (QED) is 0.726. The highest BCUT2D eigenvalue weighted by Crippen LogP contribution is 2.13. The fourth-order valence-corrected chi connectivity index (χ4v) is 1.77. The highest BCUT2D eigenvalue weighted by Gasteiger charge is 2.09. The molecule has 6 nitrogen and oxygen atoms in total. The van der Waals surface area contributed by atoms with Crippen molar-refractivity contribution in [2.24, 2.45) is 12.8 Å². The lowest BCUT2D eigenvalue weighted by molar-refractivity contribution is -0.122. The Balaban J connectivity index is 2.30. The number of ether oxygens (including phenoxy) is 1. The van der Waals surface area contributed by atoms with E-state index in [0.29, 0.717) is 12.2 Å². The molecular weight excluding hydrogens is 290 g/mol. The summed E-state index contributed by atoms with van der Waals surface area (Å²) < 4.78 is 7.47. The minimum absolute atomic E-state index is 0.133. The van der Waals surface area contributed by atoms with E-state index in [9.17, 15) is 9.59 Å². The van der Waals surface area contributed by atoms with Gasteiger partial charge in [0, 0.05) is 24.3 Å². The zero-order valence-electron chi connectivity index (χ0n) is 9.40. The fourth-order valence-electron chi connectivity index (χ4n) is 1.25. The van der Waals surface area contributed by atoms with Crippen molar-refractivity contribution in [2.45, 2.75) is 0 Å². The zero-order valence-corrected chi connectivity index (χ0v) is 11.0. The van der Waals surface area contributed by atoms with Gasteiger partial charge in [0.15, 0.2) is 0 Å². The van der Waals surface area contributed by atoms with Crippen molar-refractivity contribution in [1.29, 1.82) is 0 Å². The summed E-state index contributed by atoms with van der Waals surface area (Å²) in [5, 5.41) is 2.67. The molecule has 7 heteroatoms. The third kappa shape index (κ3) is 4.58. The largest absolute Gasteiger partial charge is 0.370 e. The first-order valence-electron chi connectivity index (χ1n) is 4.97. The molecule has 0 aliphatic carbocycles. The number of rotatable bonds is 6. The average Bonchev–Trinajstić information content (AvgIpc) is 2.56. The molecule has 1 aromatic heterocycles. The third-order valence-electron chi connectivity index (χ3n) is 1.98. The molecule has 0 unspecified atom stereocenters. The molecule has 0 saturated carbocycles. The van der Waals surface area contributed by atoms with E-state index in [0.717, 1.165) is 4.47 Å². The molecule has 1 rings (SSSR count). The van der Waals surface area contributed by atoms with E-state index < -0.39 is 5.91 Å². The Morgan fingerprint density at radius 3 is 2.82 bits per heavy atom. The summed E-state index contributed by atoms with van der Waals surface area (Å²) in [4.78, 5) is 22.0. The number of nitrogens with one attached hydrogen (secondary N) is 1. The minimum atomic E-state index is -0.525. The van der Waals surface area contributed by atoms with Crippen molar-refractivity contribution in [1.82, 2.24) is 9.88 Å². The third-order valence-corrected chi connectivity index (χ3v) is 2.41. The van der Waals surface area contributed by atoms with Crippen molar-refractivity contribution in [3.05, 3.63) is 22.4 Å². The summed E-state index contributed by atoms with van der Waals surface area (Å²) in [6.07, 6.45) is 1.79. The number of halogens is 1. The standard InChI is InChI=1S/C10H14BrN3O3/c1-14-5-7(11)4-8(14)10(16)13-2-3-17-6-9(12)15/h4-5H,2-3,6H2,1H3,(H2,12,15)(H,13,16). The van der Waals surface area contributed by atoms with Gasteiger partial charge in [-0.3, -0.25) is 9.59 Å². The highest BCUT2D eigenvalue weighted by molar-refractivity contribution is 9.10. The zero-order chi connectivity index (χ0) is 12.8. The Labute approximate surface area is 107 Å². The van der Waals surface area contributed by atoms with Crippen molar-refractivity contribution in [2.75, 3.05) is 19.8 Å². The molecule has 94 valence electrons. The maximum atomic E-state index is 11.7. The summed E-state index contributed by atoms with van der Waals surface area (Å²) in [7, 11) is 1.78. The molecule has 1 aromatic rings. The molecule has 0 aliphatic rings. The van der Waals surface area contributed by atoms with E-state index in [1.165, 1.54) is 0 Å². The molecular formula is C10H14BrN3O3. The molecule has 17 heavy (non-hydrogen) atoms. The van der Waals surface area contributed by atoms with Gasteiger partial charge in [0.05, 0.1) is 6.61 Å². The van der Waals surface area contributed by atoms with Crippen molar-refractivity contribution >= 4 is 27.7 Å². The van der Waals surface area contributed by atoms with E-state index in [2.05, 4.69) is 21.2 Å². The van der Waals surface area contributed by atoms with Crippen LogP contribution < -0.4 is 11.1 Å². The van der Waals surface area contributed by atoms with Crippen LogP contribution >= 0.6 is 15.9 Å². The molecule has 0 aromatic carbocycles. The molecule has 0 saturated heterocycles. The van der Waals surface area contributed by atoms with Crippen LogP contribution in [0.25, 0.3) is 0 Å². The van der Waals surface area contributed by atoms with Gasteiger partial charge in [-0.05, 0) is 22.0 Å². The molecule has 2 amide bonds. The van der Waals surface area contributed by atoms with E-state index in [1.807, 2.05) is 0 Å². The van der Waals surface area contributed by atoms with Crippen LogP contribution in [0.3, 0.4) is 0 Å². The number of carbonyl (C=O) groups is 2. The summed E-state index contributed by atoms with van der Waals surface area (Å²) in [5.74, 6) is -0.719. The second-order valence-electron chi connectivity index (χ2n) is 3.43. The molecule has 1 heterocycles. The number of nitrogens with two attached hydrogens (primary N) is 1. The fraction of sp³-hybridized carbons (Fsp3) is 0.400. The van der Waals surface area contributed by atoms with E-state index in [-0.39, 0.29) is 19.1 Å². The van der Waals surface area contributed by atoms with Crippen LogP contribution in [0, 0.1) is 0 Å². The SMILES string of the molecule is Cn1cc(Br)cc1C(=O)NCCOCC(N)=O. The van der Waals surface area contributed by atoms with E-state index >= 15 is 0 Å². The van der Waals surface area contributed by atoms with Crippen molar-refractivity contribution in [3.63, 3.8) is 0 Å². The van der Waals surface area contributed by atoms with E-state index in [4.69, 9.17) is 10.5 Å². The molecule has 0 radical (unpaired) electrons. The Morgan fingerprint density at radius 1 is 1.59 bits per heavy atom. The van der Waals surface area contributed by atoms with Gasteiger partial charge in [-0.25, -0.2) is 0 Å². The highest BCUT2D eigenvalue weighted by atomic mass is 79.9. The molecule has 0 aliphatic heterocycles. The number of nitrogens with zero attached hydrogens (tertiary/aromatic N) is 1. The first kappa shape index (κ1) is 13.7. The monoisotopic (exact) mass is 303 g/mol. The maximum absolute atomic E-state index is 11.7. The molecule has 0 fully saturated rings. The van der Waals surface area contributed by atoms with Crippen molar-refractivity contribution in [3.8, 4) is 0 Å².